The Morgan fingerprint density at radius 2 is 2.24 bits per heavy atom. The molecule has 0 unspecified atom stereocenters. The van der Waals surface area contributed by atoms with Crippen molar-refractivity contribution >= 4 is 34.4 Å². The summed E-state index contributed by atoms with van der Waals surface area (Å²) in [5.41, 5.74) is 2.50. The van der Waals surface area contributed by atoms with E-state index >= 15 is 0 Å². The molecule has 6 heteroatoms. The molecule has 1 heterocycles. The Morgan fingerprint density at radius 3 is 2.95 bits per heavy atom. The van der Waals surface area contributed by atoms with E-state index in [1.165, 1.54) is 17.4 Å². The lowest BCUT2D eigenvalue weighted by Crippen LogP contribution is -2.08. The minimum absolute atomic E-state index is 0.147. The standard InChI is InChI=1S/C15H14N2O3S/c1-10-3-2-4-11(7-10)5-6-13(18)17-15-16-12(9-21-15)8-14(19)20/h2-7,9H,8H2,1H3,(H,19,20)(H,16,17,18)/b6-5+. The Morgan fingerprint density at radius 1 is 1.43 bits per heavy atom. The number of carbonyl (C=O) groups is 2. The van der Waals surface area contributed by atoms with Gasteiger partial charge in [0.25, 0.3) is 0 Å². The molecule has 1 aromatic carbocycles. The molecule has 0 saturated carbocycles. The summed E-state index contributed by atoms with van der Waals surface area (Å²) in [6.45, 7) is 1.98. The van der Waals surface area contributed by atoms with Gasteiger partial charge in [-0.1, -0.05) is 29.8 Å². The number of nitrogens with zero attached hydrogens (tertiary/aromatic N) is 1. The number of anilines is 1. The van der Waals surface area contributed by atoms with Crippen LogP contribution < -0.4 is 5.32 Å². The van der Waals surface area contributed by atoms with Gasteiger partial charge in [-0.2, -0.15) is 0 Å². The molecule has 2 rings (SSSR count). The fraction of sp³-hybridized carbons (Fsp3) is 0.133. The maximum Gasteiger partial charge on any atom is 0.309 e. The number of aryl methyl sites for hydroxylation is 1. The average molecular weight is 302 g/mol. The monoisotopic (exact) mass is 302 g/mol. The number of hydrogen-bond donors (Lipinski definition) is 2. The summed E-state index contributed by atoms with van der Waals surface area (Å²) in [4.78, 5) is 26.3. The molecule has 0 aliphatic heterocycles. The first kappa shape index (κ1) is 14.9. The highest BCUT2D eigenvalue weighted by atomic mass is 32.1. The van der Waals surface area contributed by atoms with Crippen molar-refractivity contribution in [3.05, 3.63) is 52.5 Å². The molecule has 0 aliphatic rings. The molecular formula is C15H14N2O3S. The Kier molecular flexibility index (Phi) is 4.84. The molecule has 21 heavy (non-hydrogen) atoms. The predicted molar refractivity (Wildman–Crippen MR) is 82.3 cm³/mol. The molecule has 0 aliphatic carbocycles. The third kappa shape index (κ3) is 4.85. The van der Waals surface area contributed by atoms with Crippen LogP contribution in [0.2, 0.25) is 0 Å². The number of amides is 1. The number of carboxylic acids is 1. The number of benzene rings is 1. The van der Waals surface area contributed by atoms with Gasteiger partial charge in [0.15, 0.2) is 5.13 Å². The Balaban J connectivity index is 1.95. The molecule has 2 N–H and O–H groups in total. The molecule has 0 saturated heterocycles. The zero-order valence-corrected chi connectivity index (χ0v) is 12.2. The van der Waals surface area contributed by atoms with Gasteiger partial charge in [-0.3, -0.25) is 14.9 Å². The van der Waals surface area contributed by atoms with Gasteiger partial charge in [0, 0.05) is 11.5 Å². The largest absolute Gasteiger partial charge is 0.481 e. The number of carboxylic acid groups (broad SMARTS) is 1. The summed E-state index contributed by atoms with van der Waals surface area (Å²) in [6.07, 6.45) is 2.99. The molecule has 2 aromatic rings. The normalized spacial score (nSPS) is 10.7. The number of rotatable bonds is 5. The third-order valence-corrected chi connectivity index (χ3v) is 3.39. The molecule has 0 fully saturated rings. The molecular weight excluding hydrogens is 288 g/mol. The smallest absolute Gasteiger partial charge is 0.309 e. The topological polar surface area (TPSA) is 79.3 Å². The van der Waals surface area contributed by atoms with E-state index in [1.54, 1.807) is 11.5 Å². The van der Waals surface area contributed by atoms with E-state index in [4.69, 9.17) is 5.11 Å². The number of carbonyl (C=O) groups excluding carboxylic acids is 1. The van der Waals surface area contributed by atoms with Crippen LogP contribution in [0.5, 0.6) is 0 Å². The lowest BCUT2D eigenvalue weighted by Gasteiger charge is -1.97. The molecule has 1 aromatic heterocycles. The van der Waals surface area contributed by atoms with Crippen molar-refractivity contribution in [3.8, 4) is 0 Å². The highest BCUT2D eigenvalue weighted by Gasteiger charge is 2.07. The van der Waals surface area contributed by atoms with Crippen molar-refractivity contribution in [1.82, 2.24) is 4.98 Å². The van der Waals surface area contributed by atoms with Crippen LogP contribution in [0.3, 0.4) is 0 Å². The van der Waals surface area contributed by atoms with E-state index < -0.39 is 5.97 Å². The van der Waals surface area contributed by atoms with Crippen LogP contribution in [0.25, 0.3) is 6.08 Å². The maximum absolute atomic E-state index is 11.8. The van der Waals surface area contributed by atoms with Gasteiger partial charge in [0.05, 0.1) is 12.1 Å². The second-order valence-corrected chi connectivity index (χ2v) is 5.31. The fourth-order valence-electron chi connectivity index (χ4n) is 1.69. The molecule has 5 nitrogen and oxygen atoms in total. The zero-order chi connectivity index (χ0) is 15.2. The summed E-state index contributed by atoms with van der Waals surface area (Å²) in [5, 5.41) is 13.3. The van der Waals surface area contributed by atoms with Gasteiger partial charge in [0.1, 0.15) is 0 Å². The SMILES string of the molecule is Cc1cccc(/C=C/C(=O)Nc2nc(CC(=O)O)cs2)c1. The van der Waals surface area contributed by atoms with Gasteiger partial charge in [-0.25, -0.2) is 4.98 Å². The van der Waals surface area contributed by atoms with E-state index in [9.17, 15) is 9.59 Å². The second kappa shape index (κ2) is 6.81. The first-order valence-electron chi connectivity index (χ1n) is 6.25. The maximum atomic E-state index is 11.8. The number of nitrogens with one attached hydrogen (secondary N) is 1. The lowest BCUT2D eigenvalue weighted by atomic mass is 10.1. The Hall–Kier alpha value is -2.47. The zero-order valence-electron chi connectivity index (χ0n) is 11.4. The van der Waals surface area contributed by atoms with Crippen LogP contribution in [0.1, 0.15) is 16.8 Å². The first-order valence-corrected chi connectivity index (χ1v) is 7.13. The average Bonchev–Trinajstić information content (AvgIpc) is 2.83. The summed E-state index contributed by atoms with van der Waals surface area (Å²) in [6, 6.07) is 7.78. The molecule has 0 bridgehead atoms. The highest BCUT2D eigenvalue weighted by Crippen LogP contribution is 2.16. The third-order valence-electron chi connectivity index (χ3n) is 2.58. The van der Waals surface area contributed by atoms with Crippen molar-refractivity contribution in [3.63, 3.8) is 0 Å². The highest BCUT2D eigenvalue weighted by molar-refractivity contribution is 7.14. The fourth-order valence-corrected chi connectivity index (χ4v) is 2.41. The van der Waals surface area contributed by atoms with Crippen LogP contribution in [0, 0.1) is 6.92 Å². The summed E-state index contributed by atoms with van der Waals surface area (Å²) in [7, 11) is 0. The number of thiazole rings is 1. The van der Waals surface area contributed by atoms with Gasteiger partial charge >= 0.3 is 5.97 Å². The summed E-state index contributed by atoms with van der Waals surface area (Å²) < 4.78 is 0. The second-order valence-electron chi connectivity index (χ2n) is 4.45. The van der Waals surface area contributed by atoms with Crippen molar-refractivity contribution in [1.29, 1.82) is 0 Å². The predicted octanol–water partition coefficient (Wildman–Crippen LogP) is 2.73. The first-order chi connectivity index (χ1) is 10.0. The van der Waals surface area contributed by atoms with Gasteiger partial charge in [0.2, 0.25) is 5.91 Å². The van der Waals surface area contributed by atoms with Crippen LogP contribution >= 0.6 is 11.3 Å². The Bertz CT molecular complexity index is 692. The van der Waals surface area contributed by atoms with E-state index in [1.807, 2.05) is 31.2 Å². The molecule has 0 radical (unpaired) electrons. The van der Waals surface area contributed by atoms with Crippen molar-refractivity contribution in [2.45, 2.75) is 13.3 Å². The van der Waals surface area contributed by atoms with Crippen LogP contribution in [-0.2, 0) is 16.0 Å². The summed E-state index contributed by atoms with van der Waals surface area (Å²) >= 11 is 1.20. The van der Waals surface area contributed by atoms with Crippen LogP contribution in [0.15, 0.2) is 35.7 Å². The number of aromatic nitrogens is 1. The van der Waals surface area contributed by atoms with Crippen molar-refractivity contribution in [2.75, 3.05) is 5.32 Å². The summed E-state index contributed by atoms with van der Waals surface area (Å²) in [5.74, 6) is -1.25. The van der Waals surface area contributed by atoms with Crippen LogP contribution in [-0.4, -0.2) is 22.0 Å². The molecule has 0 atom stereocenters. The molecule has 1 amide bonds. The van der Waals surface area contributed by atoms with Gasteiger partial charge in [-0.15, -0.1) is 11.3 Å². The molecule has 108 valence electrons. The molecule has 0 spiro atoms. The number of aliphatic carboxylic acids is 1. The number of hydrogen-bond acceptors (Lipinski definition) is 4. The minimum atomic E-state index is -0.947. The van der Waals surface area contributed by atoms with E-state index in [0.717, 1.165) is 11.1 Å². The van der Waals surface area contributed by atoms with E-state index in [-0.39, 0.29) is 12.3 Å². The van der Waals surface area contributed by atoms with Crippen LogP contribution in [0.4, 0.5) is 5.13 Å². The van der Waals surface area contributed by atoms with Crippen molar-refractivity contribution < 1.29 is 14.7 Å². The van der Waals surface area contributed by atoms with Crippen molar-refractivity contribution in [2.24, 2.45) is 0 Å². The van der Waals surface area contributed by atoms with E-state index in [0.29, 0.717) is 10.8 Å². The van der Waals surface area contributed by atoms with Gasteiger partial charge < -0.3 is 5.11 Å². The van der Waals surface area contributed by atoms with E-state index in [2.05, 4.69) is 10.3 Å². The Labute approximate surface area is 126 Å². The minimum Gasteiger partial charge on any atom is -0.481 e. The van der Waals surface area contributed by atoms with Gasteiger partial charge in [-0.05, 0) is 18.6 Å². The lowest BCUT2D eigenvalue weighted by molar-refractivity contribution is -0.136. The quantitative estimate of drug-likeness (QED) is 0.832.